The summed E-state index contributed by atoms with van der Waals surface area (Å²) in [5.74, 6) is -2.08. The second-order valence-corrected chi connectivity index (χ2v) is 10.5. The first kappa shape index (κ1) is 26.8. The highest BCUT2D eigenvalue weighted by Gasteiger charge is 2.58. The van der Waals surface area contributed by atoms with Gasteiger partial charge in [-0.25, -0.2) is 0 Å². The van der Waals surface area contributed by atoms with Crippen LogP contribution in [0.3, 0.4) is 0 Å². The molecule has 4 heterocycles. The van der Waals surface area contributed by atoms with Crippen molar-refractivity contribution in [3.05, 3.63) is 0 Å². The van der Waals surface area contributed by atoms with E-state index >= 15 is 0 Å². The number of hydrogen-bond donors (Lipinski definition) is 2. The lowest BCUT2D eigenvalue weighted by Crippen LogP contribution is -2.53. The Balaban J connectivity index is 1.39. The molecule has 1 amide bonds. The van der Waals surface area contributed by atoms with E-state index in [1.807, 2.05) is 0 Å². The van der Waals surface area contributed by atoms with Crippen LogP contribution in [-0.4, -0.2) is 98.8 Å². The molecule has 0 radical (unpaired) electrons. The molecule has 0 aliphatic carbocycles. The number of carbonyl (C=O) groups is 2. The maximum atomic E-state index is 13.0. The minimum absolute atomic E-state index is 0.0515. The van der Waals surface area contributed by atoms with Crippen molar-refractivity contribution in [2.24, 2.45) is 5.73 Å². The van der Waals surface area contributed by atoms with Crippen LogP contribution in [0.4, 0.5) is 0 Å². The summed E-state index contributed by atoms with van der Waals surface area (Å²) < 4.78 is 46.6. The quantitative estimate of drug-likeness (QED) is 0.437. The van der Waals surface area contributed by atoms with Crippen molar-refractivity contribution < 1.29 is 47.5 Å². The van der Waals surface area contributed by atoms with Crippen LogP contribution in [0.2, 0.25) is 0 Å². The number of nitrogens with one attached hydrogen (secondary N) is 1. The molecule has 35 heavy (non-hydrogen) atoms. The standard InChI is InChI=1S/C23H38N2O10/c1-10(26)8-12(15-17(29-7)19-21(31-15)35-23(4,5)33-19)25-13(27)9-11(24)14-16(28-6)18-20(30-14)34-22(2,3)32-18/h11-12,14-21H,8-9,24H2,1-7H3,(H,25,27). The van der Waals surface area contributed by atoms with E-state index in [2.05, 4.69) is 5.32 Å². The van der Waals surface area contributed by atoms with Crippen LogP contribution in [-0.2, 0) is 47.5 Å². The van der Waals surface area contributed by atoms with E-state index in [-0.39, 0.29) is 24.5 Å². The maximum Gasteiger partial charge on any atom is 0.221 e. The Morgan fingerprint density at radius 2 is 1.34 bits per heavy atom. The van der Waals surface area contributed by atoms with Gasteiger partial charge in [-0.15, -0.1) is 0 Å². The van der Waals surface area contributed by atoms with Gasteiger partial charge in [0.15, 0.2) is 24.2 Å². The lowest BCUT2D eigenvalue weighted by Gasteiger charge is -2.31. The van der Waals surface area contributed by atoms with Gasteiger partial charge in [-0.2, -0.15) is 0 Å². The molecule has 0 spiro atoms. The zero-order valence-electron chi connectivity index (χ0n) is 21.3. The van der Waals surface area contributed by atoms with Gasteiger partial charge in [0.1, 0.15) is 42.4 Å². The Kier molecular flexibility index (Phi) is 7.60. The molecule has 4 aliphatic rings. The Morgan fingerprint density at radius 1 is 0.857 bits per heavy atom. The summed E-state index contributed by atoms with van der Waals surface area (Å²) in [6, 6.07) is -1.36. The highest BCUT2D eigenvalue weighted by atomic mass is 16.9. The van der Waals surface area contributed by atoms with Crippen LogP contribution in [0.5, 0.6) is 0 Å². The number of ether oxygens (including phenoxy) is 8. The SMILES string of the molecule is COC1C(C(N)CC(=O)NC(CC(C)=O)C2OC3OC(C)(C)OC3C2OC)OC2OC(C)(C)OC21. The predicted molar refractivity (Wildman–Crippen MR) is 119 cm³/mol. The van der Waals surface area contributed by atoms with Gasteiger partial charge in [0, 0.05) is 33.1 Å². The van der Waals surface area contributed by atoms with Crippen LogP contribution in [0.25, 0.3) is 0 Å². The predicted octanol–water partition coefficient (Wildman–Crippen LogP) is -0.0495. The van der Waals surface area contributed by atoms with Gasteiger partial charge in [-0.05, 0) is 34.6 Å². The number of nitrogens with two attached hydrogens (primary N) is 1. The Morgan fingerprint density at radius 3 is 1.83 bits per heavy atom. The van der Waals surface area contributed by atoms with Crippen LogP contribution in [0, 0.1) is 0 Å². The number of carbonyl (C=O) groups excluding carboxylic acids is 2. The molecule has 0 aromatic rings. The molecule has 0 aromatic heterocycles. The third-order valence-corrected chi connectivity index (χ3v) is 6.69. The molecule has 0 bridgehead atoms. The van der Waals surface area contributed by atoms with Crippen LogP contribution in [0.1, 0.15) is 47.5 Å². The van der Waals surface area contributed by atoms with Gasteiger partial charge in [0.2, 0.25) is 5.91 Å². The fraction of sp³-hybridized carbons (Fsp3) is 0.913. The first-order chi connectivity index (χ1) is 16.3. The molecule has 0 aromatic carbocycles. The van der Waals surface area contributed by atoms with Crippen molar-refractivity contribution in [3.63, 3.8) is 0 Å². The van der Waals surface area contributed by atoms with E-state index in [1.165, 1.54) is 14.0 Å². The molecule has 4 saturated heterocycles. The van der Waals surface area contributed by atoms with Gasteiger partial charge in [-0.1, -0.05) is 0 Å². The number of rotatable bonds is 9. The van der Waals surface area contributed by atoms with Gasteiger partial charge in [-0.3, -0.25) is 9.59 Å². The van der Waals surface area contributed by atoms with E-state index < -0.39 is 72.9 Å². The summed E-state index contributed by atoms with van der Waals surface area (Å²) in [5.41, 5.74) is 6.37. The van der Waals surface area contributed by atoms with E-state index in [0.717, 1.165) is 0 Å². The minimum Gasteiger partial charge on any atom is -0.376 e. The van der Waals surface area contributed by atoms with Gasteiger partial charge < -0.3 is 48.9 Å². The monoisotopic (exact) mass is 502 g/mol. The molecule has 12 heteroatoms. The Hall–Kier alpha value is -1.22. The van der Waals surface area contributed by atoms with Gasteiger partial charge in [0.25, 0.3) is 0 Å². The second-order valence-electron chi connectivity index (χ2n) is 10.5. The molecule has 10 unspecified atom stereocenters. The van der Waals surface area contributed by atoms with Crippen molar-refractivity contribution >= 4 is 11.7 Å². The number of Topliss-reactive ketones (excluding diaryl/α,β-unsaturated/α-hetero) is 1. The average molecular weight is 503 g/mol. The topological polar surface area (TPSA) is 146 Å². The average Bonchev–Trinajstić information content (AvgIpc) is 3.40. The molecule has 3 N–H and O–H groups in total. The number of ketones is 1. The fourth-order valence-electron chi connectivity index (χ4n) is 5.37. The number of methoxy groups -OCH3 is 2. The van der Waals surface area contributed by atoms with Crippen LogP contribution in [0.15, 0.2) is 0 Å². The summed E-state index contributed by atoms with van der Waals surface area (Å²) >= 11 is 0. The molecule has 200 valence electrons. The highest BCUT2D eigenvalue weighted by Crippen LogP contribution is 2.41. The summed E-state index contributed by atoms with van der Waals surface area (Å²) in [6.45, 7) is 8.62. The number of amides is 1. The lowest BCUT2D eigenvalue weighted by atomic mass is 9.97. The van der Waals surface area contributed by atoms with Gasteiger partial charge in [0.05, 0.1) is 6.04 Å². The summed E-state index contributed by atoms with van der Waals surface area (Å²) in [4.78, 5) is 25.0. The smallest absolute Gasteiger partial charge is 0.221 e. The normalized spacial score (nSPS) is 40.8. The van der Waals surface area contributed by atoms with Crippen molar-refractivity contribution in [3.8, 4) is 0 Å². The van der Waals surface area contributed by atoms with E-state index in [9.17, 15) is 9.59 Å². The molecule has 4 fully saturated rings. The Bertz CT molecular complexity index is 807. The van der Waals surface area contributed by atoms with Gasteiger partial charge >= 0.3 is 0 Å². The molecule has 4 aliphatic heterocycles. The summed E-state index contributed by atoms with van der Waals surface area (Å²) in [6.07, 6.45) is -4.52. The van der Waals surface area contributed by atoms with Crippen LogP contribution >= 0.6 is 0 Å². The molecular weight excluding hydrogens is 464 g/mol. The first-order valence-corrected chi connectivity index (χ1v) is 12.0. The zero-order valence-corrected chi connectivity index (χ0v) is 21.3. The van der Waals surface area contributed by atoms with E-state index in [0.29, 0.717) is 0 Å². The fourth-order valence-corrected chi connectivity index (χ4v) is 5.37. The third kappa shape index (κ3) is 5.55. The van der Waals surface area contributed by atoms with Crippen molar-refractivity contribution in [1.82, 2.24) is 5.32 Å². The molecule has 10 atom stereocenters. The largest absolute Gasteiger partial charge is 0.376 e. The lowest BCUT2D eigenvalue weighted by molar-refractivity contribution is -0.220. The second kappa shape index (κ2) is 9.92. The van der Waals surface area contributed by atoms with Crippen molar-refractivity contribution in [2.45, 2.75) is 120 Å². The van der Waals surface area contributed by atoms with E-state index in [4.69, 9.17) is 43.6 Å². The molecular formula is C23H38N2O10. The molecule has 12 nitrogen and oxygen atoms in total. The molecule has 0 saturated carbocycles. The summed E-state index contributed by atoms with van der Waals surface area (Å²) in [5, 5.41) is 2.90. The number of fused-ring (bicyclic) bond motifs is 2. The van der Waals surface area contributed by atoms with Crippen molar-refractivity contribution in [2.75, 3.05) is 14.2 Å². The zero-order chi connectivity index (χ0) is 25.7. The Labute approximate surface area is 205 Å². The van der Waals surface area contributed by atoms with E-state index in [1.54, 1.807) is 34.8 Å². The number of hydrogen-bond acceptors (Lipinski definition) is 11. The first-order valence-electron chi connectivity index (χ1n) is 12.0. The molecule has 4 rings (SSSR count). The highest BCUT2D eigenvalue weighted by molar-refractivity contribution is 5.80. The summed E-state index contributed by atoms with van der Waals surface area (Å²) in [7, 11) is 3.07. The third-order valence-electron chi connectivity index (χ3n) is 6.69. The minimum atomic E-state index is -0.816. The van der Waals surface area contributed by atoms with Crippen LogP contribution < -0.4 is 11.1 Å². The maximum absolute atomic E-state index is 13.0. The van der Waals surface area contributed by atoms with Crippen molar-refractivity contribution in [1.29, 1.82) is 0 Å².